The maximum Gasteiger partial charge on any atom is 0.222 e. The van der Waals surface area contributed by atoms with Gasteiger partial charge in [0.25, 0.3) is 0 Å². The molecule has 0 spiro atoms. The summed E-state index contributed by atoms with van der Waals surface area (Å²) in [5.74, 6) is 0.403. The van der Waals surface area contributed by atoms with E-state index < -0.39 is 0 Å². The highest BCUT2D eigenvalue weighted by Crippen LogP contribution is 2.13. The van der Waals surface area contributed by atoms with E-state index in [2.05, 4.69) is 11.8 Å². The summed E-state index contributed by atoms with van der Waals surface area (Å²) in [7, 11) is 0. The van der Waals surface area contributed by atoms with Gasteiger partial charge >= 0.3 is 0 Å². The third-order valence-electron chi connectivity index (χ3n) is 3.95. The monoisotopic (exact) mass is 253 g/mol. The summed E-state index contributed by atoms with van der Waals surface area (Å²) in [4.78, 5) is 14.0. The summed E-state index contributed by atoms with van der Waals surface area (Å²) in [6, 6.07) is 0. The highest BCUT2D eigenvalue weighted by molar-refractivity contribution is 5.76. The molecule has 1 aliphatic rings. The Morgan fingerprint density at radius 3 is 2.00 bits per heavy atom. The highest BCUT2D eigenvalue weighted by atomic mass is 16.2. The minimum Gasteiger partial charge on any atom is -0.343 e. The lowest BCUT2D eigenvalue weighted by Gasteiger charge is -2.26. The molecule has 0 aromatic heterocycles. The second kappa shape index (κ2) is 10.4. The van der Waals surface area contributed by atoms with E-state index >= 15 is 0 Å². The van der Waals surface area contributed by atoms with Gasteiger partial charge in [-0.15, -0.1) is 0 Å². The Balaban J connectivity index is 1.89. The maximum absolute atomic E-state index is 11.9. The standard InChI is InChI=1S/C16H31NO/c1-2-3-4-5-6-7-8-10-13-16(18)17-14-11-9-12-15-17/h2-15H2,1H3. The van der Waals surface area contributed by atoms with Crippen LogP contribution in [0.3, 0.4) is 0 Å². The zero-order valence-corrected chi connectivity index (χ0v) is 12.3. The average molecular weight is 253 g/mol. The normalized spacial score (nSPS) is 15.9. The average Bonchev–Trinajstić information content (AvgIpc) is 2.42. The molecule has 0 atom stereocenters. The smallest absolute Gasteiger partial charge is 0.222 e. The van der Waals surface area contributed by atoms with Gasteiger partial charge < -0.3 is 4.90 Å². The Hall–Kier alpha value is -0.530. The first-order chi connectivity index (χ1) is 8.84. The number of piperidine rings is 1. The number of likely N-dealkylation sites (tertiary alicyclic amines) is 1. The number of hydrogen-bond acceptors (Lipinski definition) is 1. The Labute approximate surface area is 113 Å². The number of unbranched alkanes of at least 4 members (excludes halogenated alkanes) is 7. The van der Waals surface area contributed by atoms with Crippen molar-refractivity contribution in [2.24, 2.45) is 0 Å². The number of carbonyl (C=O) groups is 1. The van der Waals surface area contributed by atoms with Crippen LogP contribution in [0.15, 0.2) is 0 Å². The van der Waals surface area contributed by atoms with E-state index in [1.807, 2.05) is 0 Å². The number of amides is 1. The van der Waals surface area contributed by atoms with Crippen molar-refractivity contribution in [1.82, 2.24) is 4.90 Å². The zero-order valence-electron chi connectivity index (χ0n) is 12.3. The predicted octanol–water partition coefficient (Wildman–Crippen LogP) is 4.53. The lowest BCUT2D eigenvalue weighted by molar-refractivity contribution is -0.132. The van der Waals surface area contributed by atoms with Crippen LogP contribution in [-0.4, -0.2) is 23.9 Å². The first-order valence-corrected chi connectivity index (χ1v) is 8.12. The van der Waals surface area contributed by atoms with Crippen LogP contribution in [-0.2, 0) is 4.79 Å². The largest absolute Gasteiger partial charge is 0.343 e. The van der Waals surface area contributed by atoms with Crippen LogP contribution in [0.1, 0.15) is 84.0 Å². The fourth-order valence-corrected chi connectivity index (χ4v) is 2.71. The summed E-state index contributed by atoms with van der Waals surface area (Å²) >= 11 is 0. The lowest BCUT2D eigenvalue weighted by atomic mass is 10.1. The zero-order chi connectivity index (χ0) is 13.1. The van der Waals surface area contributed by atoms with Crippen molar-refractivity contribution < 1.29 is 4.79 Å². The lowest BCUT2D eigenvalue weighted by Crippen LogP contribution is -2.35. The van der Waals surface area contributed by atoms with Gasteiger partial charge in [0.2, 0.25) is 5.91 Å². The van der Waals surface area contributed by atoms with Gasteiger partial charge in [0.15, 0.2) is 0 Å². The first kappa shape index (κ1) is 15.5. The molecule has 0 radical (unpaired) electrons. The Morgan fingerprint density at radius 1 is 0.833 bits per heavy atom. The molecule has 0 aromatic rings. The van der Waals surface area contributed by atoms with Crippen LogP contribution in [0, 0.1) is 0 Å². The van der Waals surface area contributed by atoms with Crippen molar-refractivity contribution in [2.45, 2.75) is 84.0 Å². The van der Waals surface area contributed by atoms with Gasteiger partial charge in [0, 0.05) is 19.5 Å². The number of nitrogens with zero attached hydrogens (tertiary/aromatic N) is 1. The van der Waals surface area contributed by atoms with Gasteiger partial charge in [-0.2, -0.15) is 0 Å². The minimum atomic E-state index is 0.403. The van der Waals surface area contributed by atoms with Gasteiger partial charge in [-0.3, -0.25) is 4.79 Å². The molecule has 1 aliphatic heterocycles. The summed E-state index contributed by atoms with van der Waals surface area (Å²) in [5, 5.41) is 0. The van der Waals surface area contributed by atoms with E-state index in [4.69, 9.17) is 0 Å². The van der Waals surface area contributed by atoms with E-state index in [0.29, 0.717) is 5.91 Å². The van der Waals surface area contributed by atoms with Crippen molar-refractivity contribution >= 4 is 5.91 Å². The summed E-state index contributed by atoms with van der Waals surface area (Å²) in [6.45, 7) is 4.28. The molecule has 0 unspecified atom stereocenters. The molecule has 0 saturated carbocycles. The van der Waals surface area contributed by atoms with Crippen molar-refractivity contribution in [2.75, 3.05) is 13.1 Å². The SMILES string of the molecule is CCCCCCCCCCC(=O)N1CCCCC1. The fraction of sp³-hybridized carbons (Fsp3) is 0.938. The van der Waals surface area contributed by atoms with E-state index in [9.17, 15) is 4.79 Å². The van der Waals surface area contributed by atoms with Crippen LogP contribution in [0.4, 0.5) is 0 Å². The van der Waals surface area contributed by atoms with Gasteiger partial charge in [-0.05, 0) is 25.7 Å². The van der Waals surface area contributed by atoms with Crippen LogP contribution in [0.25, 0.3) is 0 Å². The molecule has 1 saturated heterocycles. The second-order valence-corrected chi connectivity index (χ2v) is 5.67. The molecule has 0 bridgehead atoms. The van der Waals surface area contributed by atoms with Gasteiger partial charge in [-0.1, -0.05) is 51.9 Å². The fourth-order valence-electron chi connectivity index (χ4n) is 2.71. The van der Waals surface area contributed by atoms with Crippen molar-refractivity contribution in [3.05, 3.63) is 0 Å². The molecule has 0 N–H and O–H groups in total. The van der Waals surface area contributed by atoms with Crippen molar-refractivity contribution in [3.8, 4) is 0 Å². The van der Waals surface area contributed by atoms with Crippen molar-refractivity contribution in [1.29, 1.82) is 0 Å². The molecule has 1 heterocycles. The predicted molar refractivity (Wildman–Crippen MR) is 77.7 cm³/mol. The van der Waals surface area contributed by atoms with Crippen LogP contribution < -0.4 is 0 Å². The van der Waals surface area contributed by atoms with Gasteiger partial charge in [-0.25, -0.2) is 0 Å². The first-order valence-electron chi connectivity index (χ1n) is 8.12. The minimum absolute atomic E-state index is 0.403. The third kappa shape index (κ3) is 7.03. The summed E-state index contributed by atoms with van der Waals surface area (Å²) < 4.78 is 0. The maximum atomic E-state index is 11.9. The van der Waals surface area contributed by atoms with E-state index in [1.54, 1.807) is 0 Å². The summed E-state index contributed by atoms with van der Waals surface area (Å²) in [6.07, 6.45) is 15.0. The van der Waals surface area contributed by atoms with Crippen LogP contribution in [0.5, 0.6) is 0 Å². The van der Waals surface area contributed by atoms with Crippen LogP contribution >= 0.6 is 0 Å². The number of carbonyl (C=O) groups excluding carboxylic acids is 1. The third-order valence-corrected chi connectivity index (χ3v) is 3.95. The Kier molecular flexibility index (Phi) is 8.97. The van der Waals surface area contributed by atoms with E-state index in [-0.39, 0.29) is 0 Å². The molecule has 2 nitrogen and oxygen atoms in total. The highest BCUT2D eigenvalue weighted by Gasteiger charge is 2.15. The Morgan fingerprint density at radius 2 is 1.39 bits per heavy atom. The van der Waals surface area contributed by atoms with E-state index in [0.717, 1.165) is 25.9 Å². The molecule has 18 heavy (non-hydrogen) atoms. The number of hydrogen-bond donors (Lipinski definition) is 0. The second-order valence-electron chi connectivity index (χ2n) is 5.67. The molecular formula is C16H31NO. The van der Waals surface area contributed by atoms with Gasteiger partial charge in [0.1, 0.15) is 0 Å². The van der Waals surface area contributed by atoms with Crippen LogP contribution in [0.2, 0.25) is 0 Å². The van der Waals surface area contributed by atoms with E-state index in [1.165, 1.54) is 64.2 Å². The molecular weight excluding hydrogens is 222 g/mol. The Bertz CT molecular complexity index is 209. The molecule has 0 aliphatic carbocycles. The molecule has 0 aromatic carbocycles. The molecule has 1 rings (SSSR count). The molecule has 2 heteroatoms. The van der Waals surface area contributed by atoms with Crippen molar-refractivity contribution in [3.63, 3.8) is 0 Å². The summed E-state index contributed by atoms with van der Waals surface area (Å²) in [5.41, 5.74) is 0. The topological polar surface area (TPSA) is 20.3 Å². The molecule has 1 amide bonds. The molecule has 1 fully saturated rings. The number of rotatable bonds is 9. The quantitative estimate of drug-likeness (QED) is 0.553. The molecule has 106 valence electrons. The van der Waals surface area contributed by atoms with Gasteiger partial charge in [0.05, 0.1) is 0 Å².